The van der Waals surface area contributed by atoms with E-state index in [4.69, 9.17) is 5.26 Å². The Labute approximate surface area is 69.4 Å². The molecular weight excluding hydrogens is 134 g/mol. The van der Waals surface area contributed by atoms with Crippen molar-refractivity contribution in [2.75, 3.05) is 0 Å². The van der Waals surface area contributed by atoms with E-state index >= 15 is 0 Å². The Hall–Kier alpha value is -0.510. The normalized spacial score (nSPS) is 39.2. The fourth-order valence-corrected chi connectivity index (χ4v) is 1.98. The summed E-state index contributed by atoms with van der Waals surface area (Å²) in [5, 5.41) is 8.80. The molecule has 0 aromatic rings. The van der Waals surface area contributed by atoms with Crippen molar-refractivity contribution >= 4 is 0 Å². The fourth-order valence-electron chi connectivity index (χ4n) is 1.98. The van der Waals surface area contributed by atoms with Crippen molar-refractivity contribution in [1.29, 1.82) is 5.26 Å². The molecule has 0 spiro atoms. The highest BCUT2D eigenvalue weighted by Gasteiger charge is 2.20. The lowest BCUT2D eigenvalue weighted by molar-refractivity contribution is 0.450. The highest BCUT2D eigenvalue weighted by atomic mass is 14.3. The number of nitrogens with zero attached hydrogens (tertiary/aromatic N) is 1. The molecule has 0 bridgehead atoms. The fraction of sp³-hybridized carbons (Fsp3) is 0.900. The van der Waals surface area contributed by atoms with Crippen molar-refractivity contribution in [3.05, 3.63) is 0 Å². The molecule has 0 saturated heterocycles. The van der Waals surface area contributed by atoms with Gasteiger partial charge >= 0.3 is 0 Å². The molecule has 1 heteroatoms. The maximum atomic E-state index is 8.80. The predicted molar refractivity (Wildman–Crippen MR) is 45.9 cm³/mol. The standard InChI is InChI=1S/C10H17N/c1-8-3-4-9(2)6-10(5-8)7-11/h8-10H,3-6H2,1-2H3. The van der Waals surface area contributed by atoms with Crippen molar-refractivity contribution in [1.82, 2.24) is 0 Å². The van der Waals surface area contributed by atoms with Gasteiger partial charge in [0.05, 0.1) is 6.07 Å². The molecule has 0 amide bonds. The molecule has 0 heterocycles. The van der Waals surface area contributed by atoms with Crippen molar-refractivity contribution < 1.29 is 0 Å². The molecule has 0 aromatic carbocycles. The molecule has 1 aliphatic rings. The Morgan fingerprint density at radius 3 is 1.91 bits per heavy atom. The van der Waals surface area contributed by atoms with E-state index < -0.39 is 0 Å². The number of rotatable bonds is 0. The molecule has 62 valence electrons. The van der Waals surface area contributed by atoms with Crippen LogP contribution in [-0.2, 0) is 0 Å². The van der Waals surface area contributed by atoms with Gasteiger partial charge in [-0.05, 0) is 24.7 Å². The Balaban J connectivity index is 2.49. The van der Waals surface area contributed by atoms with Gasteiger partial charge < -0.3 is 0 Å². The summed E-state index contributed by atoms with van der Waals surface area (Å²) in [6.07, 6.45) is 4.89. The molecule has 1 aliphatic carbocycles. The van der Waals surface area contributed by atoms with Crippen molar-refractivity contribution in [2.45, 2.75) is 39.5 Å². The van der Waals surface area contributed by atoms with Crippen molar-refractivity contribution in [3.63, 3.8) is 0 Å². The van der Waals surface area contributed by atoms with Gasteiger partial charge in [-0.25, -0.2) is 0 Å². The highest BCUT2D eigenvalue weighted by Crippen LogP contribution is 2.30. The monoisotopic (exact) mass is 151 g/mol. The van der Waals surface area contributed by atoms with Gasteiger partial charge in [0, 0.05) is 5.92 Å². The minimum absolute atomic E-state index is 0.336. The lowest BCUT2D eigenvalue weighted by atomic mass is 9.94. The Morgan fingerprint density at radius 1 is 1.09 bits per heavy atom. The Kier molecular flexibility index (Phi) is 2.93. The Bertz CT molecular complexity index is 145. The molecule has 0 aliphatic heterocycles. The molecule has 2 atom stereocenters. The first-order valence-corrected chi connectivity index (χ1v) is 4.62. The second-order valence-corrected chi connectivity index (χ2v) is 4.09. The van der Waals surface area contributed by atoms with E-state index in [1.54, 1.807) is 0 Å². The topological polar surface area (TPSA) is 23.8 Å². The molecule has 11 heavy (non-hydrogen) atoms. The first-order valence-electron chi connectivity index (χ1n) is 4.62. The van der Waals surface area contributed by atoms with Gasteiger partial charge in [0.15, 0.2) is 0 Å². The zero-order valence-electron chi connectivity index (χ0n) is 7.51. The van der Waals surface area contributed by atoms with Crippen LogP contribution in [0.1, 0.15) is 39.5 Å². The minimum atomic E-state index is 0.336. The summed E-state index contributed by atoms with van der Waals surface area (Å²) >= 11 is 0. The van der Waals surface area contributed by atoms with Crippen LogP contribution in [-0.4, -0.2) is 0 Å². The molecule has 0 aromatic heterocycles. The summed E-state index contributed by atoms with van der Waals surface area (Å²) in [4.78, 5) is 0. The van der Waals surface area contributed by atoms with Gasteiger partial charge in [-0.2, -0.15) is 5.26 Å². The van der Waals surface area contributed by atoms with Crippen molar-refractivity contribution in [2.24, 2.45) is 17.8 Å². The van der Waals surface area contributed by atoms with Crippen LogP contribution in [0.15, 0.2) is 0 Å². The average molecular weight is 151 g/mol. The van der Waals surface area contributed by atoms with E-state index in [2.05, 4.69) is 19.9 Å². The number of hydrogen-bond donors (Lipinski definition) is 0. The summed E-state index contributed by atoms with van der Waals surface area (Å²) < 4.78 is 0. The van der Waals surface area contributed by atoms with E-state index in [9.17, 15) is 0 Å². The van der Waals surface area contributed by atoms with Gasteiger partial charge in [-0.1, -0.05) is 26.7 Å². The number of hydrogen-bond acceptors (Lipinski definition) is 1. The zero-order valence-corrected chi connectivity index (χ0v) is 7.51. The molecule has 0 N–H and O–H groups in total. The molecule has 0 radical (unpaired) electrons. The zero-order chi connectivity index (χ0) is 8.27. The first kappa shape index (κ1) is 8.59. The van der Waals surface area contributed by atoms with E-state index in [-0.39, 0.29) is 0 Å². The van der Waals surface area contributed by atoms with E-state index in [0.717, 1.165) is 24.7 Å². The van der Waals surface area contributed by atoms with Gasteiger partial charge in [0.25, 0.3) is 0 Å². The average Bonchev–Trinajstić information content (AvgIpc) is 2.13. The maximum Gasteiger partial charge on any atom is 0.0655 e. The van der Waals surface area contributed by atoms with Gasteiger partial charge in [-0.15, -0.1) is 0 Å². The van der Waals surface area contributed by atoms with Crippen LogP contribution in [0.4, 0.5) is 0 Å². The molecule has 1 rings (SSSR count). The van der Waals surface area contributed by atoms with Crippen LogP contribution in [0.2, 0.25) is 0 Å². The van der Waals surface area contributed by atoms with Crippen LogP contribution in [0, 0.1) is 29.1 Å². The van der Waals surface area contributed by atoms with Gasteiger partial charge in [0.2, 0.25) is 0 Å². The molecule has 1 fully saturated rings. The van der Waals surface area contributed by atoms with E-state index in [1.165, 1.54) is 12.8 Å². The third-order valence-electron chi connectivity index (χ3n) is 2.71. The Morgan fingerprint density at radius 2 is 1.55 bits per heavy atom. The van der Waals surface area contributed by atoms with Gasteiger partial charge in [-0.3, -0.25) is 0 Å². The molecule has 1 saturated carbocycles. The smallest absolute Gasteiger partial charge is 0.0655 e. The van der Waals surface area contributed by atoms with Crippen LogP contribution in [0.5, 0.6) is 0 Å². The lowest BCUT2D eigenvalue weighted by Crippen LogP contribution is -2.02. The first-order chi connectivity index (χ1) is 5.22. The largest absolute Gasteiger partial charge is 0.198 e. The van der Waals surface area contributed by atoms with Crippen molar-refractivity contribution in [3.8, 4) is 6.07 Å². The summed E-state index contributed by atoms with van der Waals surface area (Å²) in [7, 11) is 0. The lowest BCUT2D eigenvalue weighted by Gasteiger charge is -2.08. The molecule has 1 nitrogen and oxygen atoms in total. The summed E-state index contributed by atoms with van der Waals surface area (Å²) in [6.45, 7) is 4.53. The third-order valence-corrected chi connectivity index (χ3v) is 2.71. The molecule has 2 unspecified atom stereocenters. The van der Waals surface area contributed by atoms with Crippen LogP contribution < -0.4 is 0 Å². The summed E-state index contributed by atoms with van der Waals surface area (Å²) in [5.41, 5.74) is 0. The van der Waals surface area contributed by atoms with Crippen LogP contribution in [0.25, 0.3) is 0 Å². The SMILES string of the molecule is CC1CCC(C)CC(C#N)C1. The summed E-state index contributed by atoms with van der Waals surface area (Å²) in [6, 6.07) is 2.40. The maximum absolute atomic E-state index is 8.80. The third kappa shape index (κ3) is 2.54. The summed E-state index contributed by atoms with van der Waals surface area (Å²) in [5.74, 6) is 1.87. The quantitative estimate of drug-likeness (QED) is 0.488. The van der Waals surface area contributed by atoms with Crippen LogP contribution in [0.3, 0.4) is 0 Å². The predicted octanol–water partition coefficient (Wildman–Crippen LogP) is 2.97. The highest BCUT2D eigenvalue weighted by molar-refractivity contribution is 4.87. The second-order valence-electron chi connectivity index (χ2n) is 4.09. The number of nitriles is 1. The van der Waals surface area contributed by atoms with E-state index in [1.807, 2.05) is 0 Å². The minimum Gasteiger partial charge on any atom is -0.198 e. The van der Waals surface area contributed by atoms with Gasteiger partial charge in [0.1, 0.15) is 0 Å². The second kappa shape index (κ2) is 3.76. The van der Waals surface area contributed by atoms with E-state index in [0.29, 0.717) is 5.92 Å². The van der Waals surface area contributed by atoms with Crippen LogP contribution >= 0.6 is 0 Å². The molecular formula is C10H17N.